The van der Waals surface area contributed by atoms with E-state index < -0.39 is 0 Å². The summed E-state index contributed by atoms with van der Waals surface area (Å²) >= 11 is 1.82. The Hall–Kier alpha value is -1.03. The lowest BCUT2D eigenvalue weighted by molar-refractivity contribution is 0.414. The van der Waals surface area contributed by atoms with E-state index in [9.17, 15) is 0 Å². The van der Waals surface area contributed by atoms with Crippen molar-refractivity contribution in [2.24, 2.45) is 0 Å². The molecule has 19 heavy (non-hydrogen) atoms. The van der Waals surface area contributed by atoms with Gasteiger partial charge in [0, 0.05) is 11.4 Å². The summed E-state index contributed by atoms with van der Waals surface area (Å²) in [6.07, 6.45) is 1.05. The molecule has 0 amide bonds. The van der Waals surface area contributed by atoms with Crippen molar-refractivity contribution >= 4 is 23.7 Å². The minimum atomic E-state index is 0. The number of benzene rings is 1. The maximum atomic E-state index is 5.14. The second kappa shape index (κ2) is 8.20. The van der Waals surface area contributed by atoms with Crippen LogP contribution in [0.4, 0.5) is 0 Å². The Kier molecular flexibility index (Phi) is 6.92. The van der Waals surface area contributed by atoms with Crippen molar-refractivity contribution < 1.29 is 4.74 Å². The number of halogens is 1. The molecule has 0 aliphatic carbocycles. The summed E-state index contributed by atoms with van der Waals surface area (Å²) in [5.74, 6) is 0.918. The Balaban J connectivity index is 0.00000180. The fourth-order valence-corrected chi connectivity index (χ4v) is 2.69. The predicted molar refractivity (Wildman–Crippen MR) is 84.7 cm³/mol. The van der Waals surface area contributed by atoms with Gasteiger partial charge >= 0.3 is 0 Å². The van der Waals surface area contributed by atoms with Gasteiger partial charge in [0.05, 0.1) is 7.11 Å². The largest absolute Gasteiger partial charge is 0.497 e. The number of ether oxygens (including phenoxy) is 1. The van der Waals surface area contributed by atoms with Crippen molar-refractivity contribution in [1.82, 2.24) is 5.32 Å². The zero-order valence-corrected chi connectivity index (χ0v) is 12.9. The lowest BCUT2D eigenvalue weighted by Crippen LogP contribution is -2.16. The quantitative estimate of drug-likeness (QED) is 0.819. The summed E-state index contributed by atoms with van der Waals surface area (Å²) in [4.78, 5) is 1.43. The van der Waals surface area contributed by atoms with Crippen LogP contribution >= 0.6 is 23.7 Å². The second-order valence-electron chi connectivity index (χ2n) is 4.30. The van der Waals surface area contributed by atoms with E-state index in [0.717, 1.165) is 25.3 Å². The number of aryl methyl sites for hydroxylation is 1. The number of hydrogen-bond donors (Lipinski definition) is 1. The summed E-state index contributed by atoms with van der Waals surface area (Å²) in [7, 11) is 1.69. The first kappa shape index (κ1) is 16.0. The molecule has 0 fully saturated rings. The molecule has 1 aromatic carbocycles. The van der Waals surface area contributed by atoms with Gasteiger partial charge in [0.25, 0.3) is 0 Å². The van der Waals surface area contributed by atoms with E-state index in [1.807, 2.05) is 23.5 Å². The first-order valence-electron chi connectivity index (χ1n) is 6.16. The van der Waals surface area contributed by atoms with Crippen molar-refractivity contribution in [2.75, 3.05) is 13.7 Å². The van der Waals surface area contributed by atoms with Crippen LogP contribution in [0.1, 0.15) is 16.0 Å². The van der Waals surface area contributed by atoms with Gasteiger partial charge in [-0.2, -0.15) is 0 Å². The standard InChI is InChI=1S/C15H19NOS.ClH/c1-12-8-10-18-15(12)11-16-9-7-13-3-5-14(17-2)6-4-13;/h3-6,8,10,16H,7,9,11H2,1-2H3;1H. The number of nitrogens with one attached hydrogen (secondary N) is 1. The van der Waals surface area contributed by atoms with Crippen molar-refractivity contribution in [2.45, 2.75) is 19.9 Å². The molecule has 0 saturated carbocycles. The summed E-state index contributed by atoms with van der Waals surface area (Å²) < 4.78 is 5.14. The zero-order valence-electron chi connectivity index (χ0n) is 11.3. The Morgan fingerprint density at radius 2 is 1.89 bits per heavy atom. The molecule has 0 aliphatic heterocycles. The molecular formula is C15H20ClNOS. The minimum Gasteiger partial charge on any atom is -0.497 e. The molecule has 0 spiro atoms. The lowest BCUT2D eigenvalue weighted by atomic mass is 10.1. The second-order valence-corrected chi connectivity index (χ2v) is 5.30. The summed E-state index contributed by atoms with van der Waals surface area (Å²) in [5, 5.41) is 5.63. The molecule has 104 valence electrons. The van der Waals surface area contributed by atoms with Gasteiger partial charge in [0.2, 0.25) is 0 Å². The van der Waals surface area contributed by atoms with Gasteiger partial charge in [-0.3, -0.25) is 0 Å². The number of hydrogen-bond acceptors (Lipinski definition) is 3. The first-order chi connectivity index (χ1) is 8.79. The fourth-order valence-electron chi connectivity index (χ4n) is 1.81. The summed E-state index contributed by atoms with van der Waals surface area (Å²) in [5.41, 5.74) is 2.73. The van der Waals surface area contributed by atoms with Crippen LogP contribution in [-0.2, 0) is 13.0 Å². The number of rotatable bonds is 6. The van der Waals surface area contributed by atoms with Gasteiger partial charge in [-0.1, -0.05) is 12.1 Å². The molecule has 2 rings (SSSR count). The molecule has 0 unspecified atom stereocenters. The topological polar surface area (TPSA) is 21.3 Å². The molecule has 4 heteroatoms. The molecular weight excluding hydrogens is 278 g/mol. The summed E-state index contributed by atoms with van der Waals surface area (Å²) in [6.45, 7) is 4.14. The van der Waals surface area contributed by atoms with E-state index in [1.165, 1.54) is 16.0 Å². The highest BCUT2D eigenvalue weighted by atomic mass is 35.5. The first-order valence-corrected chi connectivity index (χ1v) is 7.04. The van der Waals surface area contributed by atoms with Crippen molar-refractivity contribution in [1.29, 1.82) is 0 Å². The number of methoxy groups -OCH3 is 1. The third-order valence-corrected chi connectivity index (χ3v) is 4.03. The Morgan fingerprint density at radius 3 is 2.47 bits per heavy atom. The molecule has 1 N–H and O–H groups in total. The highest BCUT2D eigenvalue weighted by Crippen LogP contribution is 2.15. The molecule has 2 nitrogen and oxygen atoms in total. The smallest absolute Gasteiger partial charge is 0.118 e. The van der Waals surface area contributed by atoms with Crippen LogP contribution in [-0.4, -0.2) is 13.7 Å². The molecule has 1 aromatic heterocycles. The Labute approximate surface area is 125 Å². The van der Waals surface area contributed by atoms with E-state index in [1.54, 1.807) is 7.11 Å². The van der Waals surface area contributed by atoms with Crippen LogP contribution in [0.3, 0.4) is 0 Å². The monoisotopic (exact) mass is 297 g/mol. The van der Waals surface area contributed by atoms with Crippen LogP contribution in [0.25, 0.3) is 0 Å². The van der Waals surface area contributed by atoms with Crippen molar-refractivity contribution in [3.8, 4) is 5.75 Å². The Morgan fingerprint density at radius 1 is 1.16 bits per heavy atom. The lowest BCUT2D eigenvalue weighted by Gasteiger charge is -2.05. The van der Waals surface area contributed by atoms with Gasteiger partial charge in [0.15, 0.2) is 0 Å². The van der Waals surface area contributed by atoms with Gasteiger partial charge < -0.3 is 10.1 Å². The van der Waals surface area contributed by atoms with Crippen LogP contribution in [0.5, 0.6) is 5.75 Å². The zero-order chi connectivity index (χ0) is 12.8. The Bertz CT molecular complexity index is 481. The average molecular weight is 298 g/mol. The van der Waals surface area contributed by atoms with Crippen LogP contribution < -0.4 is 10.1 Å². The van der Waals surface area contributed by atoms with Gasteiger partial charge in [0.1, 0.15) is 5.75 Å². The van der Waals surface area contributed by atoms with Crippen molar-refractivity contribution in [3.63, 3.8) is 0 Å². The molecule has 1 heterocycles. The number of thiophene rings is 1. The molecule has 0 atom stereocenters. The predicted octanol–water partition coefficient (Wildman–Crippen LogP) is 3.82. The highest BCUT2D eigenvalue weighted by molar-refractivity contribution is 7.10. The third-order valence-electron chi connectivity index (χ3n) is 3.00. The molecule has 0 saturated heterocycles. The van der Waals surface area contributed by atoms with Crippen LogP contribution in [0, 0.1) is 6.92 Å². The van der Waals surface area contributed by atoms with Crippen LogP contribution in [0.2, 0.25) is 0 Å². The van der Waals surface area contributed by atoms with Crippen LogP contribution in [0.15, 0.2) is 35.7 Å². The van der Waals surface area contributed by atoms with Gasteiger partial charge in [-0.05, 0) is 54.6 Å². The fraction of sp³-hybridized carbons (Fsp3) is 0.333. The van der Waals surface area contributed by atoms with Gasteiger partial charge in [-0.25, -0.2) is 0 Å². The maximum absolute atomic E-state index is 5.14. The molecule has 0 aliphatic rings. The van der Waals surface area contributed by atoms with E-state index in [2.05, 4.69) is 35.8 Å². The van der Waals surface area contributed by atoms with Crippen molar-refractivity contribution in [3.05, 3.63) is 51.7 Å². The minimum absolute atomic E-state index is 0. The highest BCUT2D eigenvalue weighted by Gasteiger charge is 1.99. The molecule has 0 bridgehead atoms. The molecule has 0 radical (unpaired) electrons. The average Bonchev–Trinajstić information content (AvgIpc) is 2.81. The summed E-state index contributed by atoms with van der Waals surface area (Å²) in [6, 6.07) is 10.4. The van der Waals surface area contributed by atoms with E-state index >= 15 is 0 Å². The van der Waals surface area contributed by atoms with Gasteiger partial charge in [-0.15, -0.1) is 23.7 Å². The third kappa shape index (κ3) is 4.86. The van der Waals surface area contributed by atoms with E-state index in [4.69, 9.17) is 4.74 Å². The SMILES string of the molecule is COc1ccc(CCNCc2sccc2C)cc1.Cl. The van der Waals surface area contributed by atoms with E-state index in [0.29, 0.717) is 0 Å². The molecule has 2 aromatic rings. The normalized spacial score (nSPS) is 10.0. The maximum Gasteiger partial charge on any atom is 0.118 e. The van der Waals surface area contributed by atoms with E-state index in [-0.39, 0.29) is 12.4 Å².